The summed E-state index contributed by atoms with van der Waals surface area (Å²) in [7, 11) is 1.40. The van der Waals surface area contributed by atoms with Crippen LogP contribution in [0.25, 0.3) is 11.3 Å². The second-order valence-electron chi connectivity index (χ2n) is 7.92. The maximum absolute atomic E-state index is 14.9. The molecule has 0 bridgehead atoms. The van der Waals surface area contributed by atoms with Crippen molar-refractivity contribution in [3.05, 3.63) is 114 Å². The van der Waals surface area contributed by atoms with Crippen molar-refractivity contribution in [3.63, 3.8) is 0 Å². The molecule has 0 saturated carbocycles. The Morgan fingerprint density at radius 2 is 2.06 bits per heavy atom. The molecular weight excluding hydrogens is 427 g/mol. The molecule has 1 aromatic heterocycles. The maximum Gasteiger partial charge on any atom is 0.228 e. The summed E-state index contributed by atoms with van der Waals surface area (Å²) in [4.78, 5) is 13.1. The predicted molar refractivity (Wildman–Crippen MR) is 129 cm³/mol. The molecule has 0 aliphatic heterocycles. The number of ether oxygens (including phenoxy) is 1. The summed E-state index contributed by atoms with van der Waals surface area (Å²) in [6.07, 6.45) is 5.20. The molecule has 1 radical (unpaired) electrons. The fraction of sp³-hybridized carbons (Fsp3) is 0.241. The zero-order valence-corrected chi connectivity index (χ0v) is 19.7. The van der Waals surface area contributed by atoms with Crippen LogP contribution in [-0.2, 0) is 16.0 Å². The molecule has 4 nitrogen and oxygen atoms in total. The zero-order chi connectivity index (χ0) is 24.7. The predicted octanol–water partition coefficient (Wildman–Crippen LogP) is 5.83. The molecular formula is C29H26FN2O2. The van der Waals surface area contributed by atoms with Crippen molar-refractivity contribution >= 4 is 11.4 Å². The van der Waals surface area contributed by atoms with Gasteiger partial charge in [0.05, 0.1) is 25.1 Å². The Morgan fingerprint density at radius 3 is 2.68 bits per heavy atom. The normalized spacial score (nSPS) is 11.8. The number of carbonyl (C=O) groups excluding carboxylic acids is 1. The Labute approximate surface area is 201 Å². The number of halogens is 1. The lowest BCUT2D eigenvalue weighted by atomic mass is 9.88. The summed E-state index contributed by atoms with van der Waals surface area (Å²) in [6.45, 7) is 12.0. The molecule has 5 heteroatoms. The van der Waals surface area contributed by atoms with Crippen LogP contribution in [0.3, 0.4) is 0 Å². The van der Waals surface area contributed by atoms with Gasteiger partial charge in [-0.1, -0.05) is 44.2 Å². The molecule has 0 saturated heterocycles. The molecule has 3 aromatic rings. The monoisotopic (exact) mass is 453 g/mol. The van der Waals surface area contributed by atoms with Crippen LogP contribution in [0.15, 0.2) is 61.0 Å². The van der Waals surface area contributed by atoms with Crippen molar-refractivity contribution in [2.75, 3.05) is 7.11 Å². The van der Waals surface area contributed by atoms with Crippen LogP contribution < -0.4 is 0 Å². The molecule has 0 spiro atoms. The van der Waals surface area contributed by atoms with Gasteiger partial charge in [-0.3, -0.25) is 4.79 Å². The van der Waals surface area contributed by atoms with Crippen molar-refractivity contribution in [3.8, 4) is 5.69 Å². The summed E-state index contributed by atoms with van der Waals surface area (Å²) >= 11 is 0. The Hall–Kier alpha value is -4.09. The van der Waals surface area contributed by atoms with E-state index in [0.717, 1.165) is 24.0 Å². The number of aromatic nitrogens is 2. The third-order valence-electron chi connectivity index (χ3n) is 5.53. The fourth-order valence-electron chi connectivity index (χ4n) is 3.73. The lowest BCUT2D eigenvalue weighted by Gasteiger charge is -2.17. The van der Waals surface area contributed by atoms with Crippen molar-refractivity contribution in [2.24, 2.45) is 0 Å². The van der Waals surface area contributed by atoms with Gasteiger partial charge < -0.3 is 4.74 Å². The van der Waals surface area contributed by atoms with Gasteiger partial charge in [-0.15, -0.1) is 0 Å². The van der Waals surface area contributed by atoms with E-state index in [9.17, 15) is 9.18 Å². The number of ketones is 1. The average molecular weight is 454 g/mol. The van der Waals surface area contributed by atoms with Gasteiger partial charge in [0.15, 0.2) is 5.76 Å². The van der Waals surface area contributed by atoms with E-state index in [1.165, 1.54) is 18.0 Å². The highest BCUT2D eigenvalue weighted by atomic mass is 19.1. The number of allylic oxidation sites excluding steroid dienone is 3. The number of nitrogens with zero attached hydrogens (tertiary/aromatic N) is 2. The van der Waals surface area contributed by atoms with Gasteiger partial charge in [-0.2, -0.15) is 5.10 Å². The molecule has 0 fully saturated rings. The van der Waals surface area contributed by atoms with Crippen LogP contribution in [0.1, 0.15) is 49.4 Å². The van der Waals surface area contributed by atoms with Gasteiger partial charge in [0.2, 0.25) is 5.78 Å². The fourth-order valence-corrected chi connectivity index (χ4v) is 3.73. The number of hydrogen-bond acceptors (Lipinski definition) is 3. The van der Waals surface area contributed by atoms with E-state index >= 15 is 0 Å². The first kappa shape index (κ1) is 24.6. The van der Waals surface area contributed by atoms with E-state index < -0.39 is 5.78 Å². The molecule has 1 unspecified atom stereocenters. The molecule has 0 aliphatic rings. The Kier molecular flexibility index (Phi) is 8.06. The number of carbonyl (C=O) groups is 1. The highest BCUT2D eigenvalue weighted by Gasteiger charge is 2.20. The van der Waals surface area contributed by atoms with Crippen molar-refractivity contribution in [1.29, 1.82) is 0 Å². The minimum atomic E-state index is -0.429. The largest absolute Gasteiger partial charge is 0.493 e. The maximum atomic E-state index is 14.9. The summed E-state index contributed by atoms with van der Waals surface area (Å²) < 4.78 is 21.6. The molecule has 0 amide bonds. The number of hydrogen-bond donors (Lipinski definition) is 0. The highest BCUT2D eigenvalue weighted by molar-refractivity contribution is 6.26. The first-order valence-corrected chi connectivity index (χ1v) is 11.0. The third-order valence-corrected chi connectivity index (χ3v) is 5.53. The first-order valence-electron chi connectivity index (χ1n) is 11.0. The van der Waals surface area contributed by atoms with E-state index in [1.807, 2.05) is 13.0 Å². The second-order valence-corrected chi connectivity index (χ2v) is 7.92. The molecule has 3 rings (SSSR count). The van der Waals surface area contributed by atoms with Crippen molar-refractivity contribution < 1.29 is 13.9 Å². The minimum absolute atomic E-state index is 0.0690. The van der Waals surface area contributed by atoms with Gasteiger partial charge >= 0.3 is 0 Å². The van der Waals surface area contributed by atoms with Gasteiger partial charge in [-0.05, 0) is 73.4 Å². The average Bonchev–Trinajstić information content (AvgIpc) is 3.33. The number of methoxy groups -OCH3 is 1. The quantitative estimate of drug-likeness (QED) is 0.209. The molecule has 2 aromatic carbocycles. The van der Waals surface area contributed by atoms with Crippen LogP contribution in [0.2, 0.25) is 0 Å². The number of rotatable bonds is 11. The molecule has 0 N–H and O–H groups in total. The van der Waals surface area contributed by atoms with E-state index in [4.69, 9.17) is 4.74 Å². The van der Waals surface area contributed by atoms with Crippen LogP contribution in [0.5, 0.6) is 0 Å². The molecule has 0 aliphatic carbocycles. The van der Waals surface area contributed by atoms with Gasteiger partial charge in [-0.25, -0.2) is 9.07 Å². The molecule has 34 heavy (non-hydrogen) atoms. The van der Waals surface area contributed by atoms with Crippen LogP contribution in [0, 0.1) is 36.1 Å². The lowest BCUT2D eigenvalue weighted by molar-refractivity contribution is -0.113. The Balaban J connectivity index is 1.80. The van der Waals surface area contributed by atoms with E-state index in [0.29, 0.717) is 16.9 Å². The van der Waals surface area contributed by atoms with Gasteiger partial charge in [0.25, 0.3) is 0 Å². The van der Waals surface area contributed by atoms with Crippen LogP contribution in [0.4, 0.5) is 4.39 Å². The lowest BCUT2D eigenvalue weighted by Crippen LogP contribution is -2.11. The standard InChI is InChI=1S/C29H26FN2O2/c1-6-10-25(20(2)3)23-14-13-22(26(30)19-23)15-16-28(34-5)29(33)21(4)27-17-18-31-32(27)24-11-8-7-9-12-24/h13-14,16-19,25H,2,4,6,10,15H2,1,3,5H3/b28-16+. The minimum Gasteiger partial charge on any atom is -0.493 e. The number of Topliss-reactive ketones (excluding diaryl/α,β-unsaturated/α-hetero) is 1. The Morgan fingerprint density at radius 1 is 1.26 bits per heavy atom. The van der Waals surface area contributed by atoms with Crippen molar-refractivity contribution in [1.82, 2.24) is 9.78 Å². The second kappa shape index (κ2) is 11.2. The summed E-state index contributed by atoms with van der Waals surface area (Å²) in [6, 6.07) is 20.4. The molecule has 1 atom stereocenters. The molecule has 171 valence electrons. The van der Waals surface area contributed by atoms with Gasteiger partial charge in [0, 0.05) is 11.5 Å². The zero-order valence-electron chi connectivity index (χ0n) is 19.7. The van der Waals surface area contributed by atoms with Gasteiger partial charge in [0.1, 0.15) is 11.5 Å². The van der Waals surface area contributed by atoms with Crippen molar-refractivity contribution in [2.45, 2.75) is 39.0 Å². The van der Waals surface area contributed by atoms with Crippen LogP contribution >= 0.6 is 0 Å². The highest BCUT2D eigenvalue weighted by Crippen LogP contribution is 2.29. The SMILES string of the molecule is C=C(C(=O)/C(=C\Cc1ccc(C(CCC)C(=C)C)cc1F)OC)c1ccnn1-c1[c]c#cc#c1. The summed E-state index contributed by atoms with van der Waals surface area (Å²) in [5, 5.41) is 4.20. The summed E-state index contributed by atoms with van der Waals surface area (Å²) in [5.41, 5.74) is 3.43. The topological polar surface area (TPSA) is 44.1 Å². The summed E-state index contributed by atoms with van der Waals surface area (Å²) in [5.74, 6) is -0.558. The molecule has 1 heterocycles. The third kappa shape index (κ3) is 5.45. The van der Waals surface area contributed by atoms with E-state index in [-0.39, 0.29) is 29.5 Å². The van der Waals surface area contributed by atoms with Crippen LogP contribution in [-0.4, -0.2) is 22.7 Å². The smallest absolute Gasteiger partial charge is 0.228 e. The van der Waals surface area contributed by atoms with E-state index in [2.05, 4.69) is 55.5 Å². The Bertz CT molecular complexity index is 1210. The number of benzene rings is 1. The first-order chi connectivity index (χ1) is 16.4. The van der Waals surface area contributed by atoms with E-state index in [1.54, 1.807) is 24.3 Å².